The topological polar surface area (TPSA) is 68.2 Å². The van der Waals surface area contributed by atoms with E-state index in [1.54, 1.807) is 6.20 Å². The summed E-state index contributed by atoms with van der Waals surface area (Å²) in [5, 5.41) is 10.8. The first-order valence-corrected chi connectivity index (χ1v) is 8.70. The Kier molecular flexibility index (Phi) is 6.59. The van der Waals surface area contributed by atoms with Crippen molar-refractivity contribution in [2.45, 2.75) is 58.7 Å². The monoisotopic (exact) mass is 322 g/mol. The summed E-state index contributed by atoms with van der Waals surface area (Å²) in [5.41, 5.74) is 1.000. The number of nitrogens with one attached hydrogen (secondary N) is 2. The molecule has 0 saturated carbocycles. The van der Waals surface area contributed by atoms with Gasteiger partial charge in [-0.1, -0.05) is 6.92 Å². The van der Waals surface area contributed by atoms with E-state index in [0.717, 1.165) is 25.1 Å². The number of carbonyl (C=O) groups excluding carboxylic acids is 1. The molecule has 0 spiro atoms. The fourth-order valence-electron chi connectivity index (χ4n) is 3.13. The molecule has 1 saturated heterocycles. The summed E-state index contributed by atoms with van der Waals surface area (Å²) >= 11 is 0. The van der Waals surface area contributed by atoms with Crippen LogP contribution in [0.4, 0.5) is 0 Å². The molecule has 1 amide bonds. The van der Waals surface area contributed by atoms with E-state index < -0.39 is 0 Å². The van der Waals surface area contributed by atoms with Crippen LogP contribution in [0.25, 0.3) is 0 Å². The SMILES string of the molecule is CCN[C@H](C)CNC(=O)[C@@H]1CCCO[C@H]1c1ccnn1C(C)C. The van der Waals surface area contributed by atoms with Crippen molar-refractivity contribution in [3.05, 3.63) is 18.0 Å². The van der Waals surface area contributed by atoms with Crippen LogP contribution in [0.15, 0.2) is 12.3 Å². The van der Waals surface area contributed by atoms with Gasteiger partial charge in [0.1, 0.15) is 6.10 Å². The number of hydrogen-bond donors (Lipinski definition) is 2. The van der Waals surface area contributed by atoms with Crippen LogP contribution in [-0.4, -0.2) is 41.4 Å². The first-order chi connectivity index (χ1) is 11.0. The molecule has 1 aliphatic heterocycles. The lowest BCUT2D eigenvalue weighted by Crippen LogP contribution is -2.43. The van der Waals surface area contributed by atoms with Gasteiger partial charge in [0.15, 0.2) is 0 Å². The van der Waals surface area contributed by atoms with E-state index in [1.807, 2.05) is 10.7 Å². The number of hydrogen-bond acceptors (Lipinski definition) is 4. The normalized spacial score (nSPS) is 23.0. The largest absolute Gasteiger partial charge is 0.371 e. The number of ether oxygens (including phenoxy) is 1. The third-order valence-corrected chi connectivity index (χ3v) is 4.28. The zero-order valence-electron chi connectivity index (χ0n) is 14.7. The molecule has 0 radical (unpaired) electrons. The quantitative estimate of drug-likeness (QED) is 0.806. The maximum absolute atomic E-state index is 12.6. The van der Waals surface area contributed by atoms with Gasteiger partial charge in [-0.05, 0) is 46.2 Å². The second-order valence-corrected chi connectivity index (χ2v) is 6.54. The van der Waals surface area contributed by atoms with Crippen LogP contribution >= 0.6 is 0 Å². The Bertz CT molecular complexity index is 501. The molecular formula is C17H30N4O2. The average molecular weight is 322 g/mol. The molecule has 0 aromatic carbocycles. The Labute approximate surface area is 139 Å². The van der Waals surface area contributed by atoms with Crippen molar-refractivity contribution < 1.29 is 9.53 Å². The van der Waals surface area contributed by atoms with E-state index in [4.69, 9.17) is 4.74 Å². The van der Waals surface area contributed by atoms with Crippen molar-refractivity contribution in [3.8, 4) is 0 Å². The third kappa shape index (κ3) is 4.54. The molecule has 3 atom stereocenters. The molecule has 1 aromatic heterocycles. The highest BCUT2D eigenvalue weighted by molar-refractivity contribution is 5.79. The van der Waals surface area contributed by atoms with Gasteiger partial charge in [0.05, 0.1) is 11.6 Å². The van der Waals surface area contributed by atoms with Gasteiger partial charge in [-0.15, -0.1) is 0 Å². The number of likely N-dealkylation sites (N-methyl/N-ethyl adjacent to an activating group) is 1. The van der Waals surface area contributed by atoms with Gasteiger partial charge in [0.2, 0.25) is 5.91 Å². The van der Waals surface area contributed by atoms with E-state index in [0.29, 0.717) is 13.2 Å². The van der Waals surface area contributed by atoms with Crippen molar-refractivity contribution in [1.29, 1.82) is 0 Å². The second kappa shape index (κ2) is 8.45. The highest BCUT2D eigenvalue weighted by Gasteiger charge is 2.35. The molecule has 2 N–H and O–H groups in total. The third-order valence-electron chi connectivity index (χ3n) is 4.28. The lowest BCUT2D eigenvalue weighted by molar-refractivity contribution is -0.135. The Morgan fingerprint density at radius 1 is 1.48 bits per heavy atom. The van der Waals surface area contributed by atoms with Gasteiger partial charge in [0, 0.05) is 31.4 Å². The van der Waals surface area contributed by atoms with Crippen LogP contribution in [0, 0.1) is 5.92 Å². The molecule has 23 heavy (non-hydrogen) atoms. The lowest BCUT2D eigenvalue weighted by Gasteiger charge is -2.32. The fourth-order valence-corrected chi connectivity index (χ4v) is 3.13. The summed E-state index contributed by atoms with van der Waals surface area (Å²) in [6, 6.07) is 2.49. The maximum atomic E-state index is 12.6. The smallest absolute Gasteiger partial charge is 0.226 e. The van der Waals surface area contributed by atoms with Crippen LogP contribution in [0.2, 0.25) is 0 Å². The fraction of sp³-hybridized carbons (Fsp3) is 0.765. The zero-order chi connectivity index (χ0) is 16.8. The van der Waals surface area contributed by atoms with Crippen molar-refractivity contribution in [3.63, 3.8) is 0 Å². The van der Waals surface area contributed by atoms with Gasteiger partial charge in [-0.25, -0.2) is 0 Å². The minimum Gasteiger partial charge on any atom is -0.371 e. The minimum absolute atomic E-state index is 0.0796. The van der Waals surface area contributed by atoms with Crippen molar-refractivity contribution in [2.24, 2.45) is 5.92 Å². The summed E-state index contributed by atoms with van der Waals surface area (Å²) in [6.45, 7) is 10.6. The van der Waals surface area contributed by atoms with Crippen LogP contribution in [0.1, 0.15) is 58.4 Å². The standard InChI is InChI=1S/C17H30N4O2/c1-5-18-13(4)11-19-17(22)14-7-6-10-23-16(14)15-8-9-20-21(15)12(2)3/h8-9,12-14,16,18H,5-7,10-11H2,1-4H3,(H,19,22)/t13-,14-,16-/m1/s1. The summed E-state index contributed by atoms with van der Waals surface area (Å²) in [7, 11) is 0. The Balaban J connectivity index is 2.06. The van der Waals surface area contributed by atoms with E-state index in [-0.39, 0.29) is 30.0 Å². The highest BCUT2D eigenvalue weighted by atomic mass is 16.5. The second-order valence-electron chi connectivity index (χ2n) is 6.54. The van der Waals surface area contributed by atoms with Crippen molar-refractivity contribution in [2.75, 3.05) is 19.7 Å². The van der Waals surface area contributed by atoms with Crippen LogP contribution < -0.4 is 10.6 Å². The molecule has 0 unspecified atom stereocenters. The van der Waals surface area contributed by atoms with Crippen LogP contribution in [0.5, 0.6) is 0 Å². The predicted octanol–water partition coefficient (Wildman–Crippen LogP) is 2.05. The number of rotatable bonds is 7. The average Bonchev–Trinajstić information content (AvgIpc) is 3.02. The molecule has 130 valence electrons. The first-order valence-electron chi connectivity index (χ1n) is 8.70. The molecular weight excluding hydrogens is 292 g/mol. The molecule has 1 fully saturated rings. The highest BCUT2D eigenvalue weighted by Crippen LogP contribution is 2.34. The molecule has 6 nitrogen and oxygen atoms in total. The zero-order valence-corrected chi connectivity index (χ0v) is 14.7. The van der Waals surface area contributed by atoms with Gasteiger partial charge in [-0.2, -0.15) is 5.10 Å². The molecule has 6 heteroatoms. The Morgan fingerprint density at radius 2 is 2.26 bits per heavy atom. The van der Waals surface area contributed by atoms with Gasteiger partial charge in [0.25, 0.3) is 0 Å². The Hall–Kier alpha value is -1.40. The summed E-state index contributed by atoms with van der Waals surface area (Å²) in [6.07, 6.45) is 3.36. The lowest BCUT2D eigenvalue weighted by atomic mass is 9.91. The predicted molar refractivity (Wildman–Crippen MR) is 90.2 cm³/mol. The van der Waals surface area contributed by atoms with Gasteiger partial charge < -0.3 is 15.4 Å². The summed E-state index contributed by atoms with van der Waals surface area (Å²) in [5.74, 6) is -0.0669. The molecule has 2 heterocycles. The van der Waals surface area contributed by atoms with Crippen LogP contribution in [0.3, 0.4) is 0 Å². The number of aromatic nitrogens is 2. The van der Waals surface area contributed by atoms with Crippen molar-refractivity contribution >= 4 is 5.91 Å². The molecule has 1 aliphatic rings. The molecule has 0 bridgehead atoms. The van der Waals surface area contributed by atoms with Gasteiger partial charge in [-0.3, -0.25) is 9.48 Å². The maximum Gasteiger partial charge on any atom is 0.226 e. The molecule has 0 aliphatic carbocycles. The van der Waals surface area contributed by atoms with E-state index in [1.165, 1.54) is 0 Å². The number of nitrogens with zero attached hydrogens (tertiary/aromatic N) is 2. The molecule has 1 aromatic rings. The Morgan fingerprint density at radius 3 is 2.96 bits per heavy atom. The molecule has 2 rings (SSSR count). The van der Waals surface area contributed by atoms with E-state index in [2.05, 4.69) is 43.4 Å². The first kappa shape index (κ1) is 17.9. The summed E-state index contributed by atoms with van der Waals surface area (Å²) < 4.78 is 7.92. The minimum atomic E-state index is -0.205. The van der Waals surface area contributed by atoms with Crippen LogP contribution in [-0.2, 0) is 9.53 Å². The van der Waals surface area contributed by atoms with E-state index in [9.17, 15) is 4.79 Å². The number of carbonyl (C=O) groups is 1. The van der Waals surface area contributed by atoms with Crippen molar-refractivity contribution in [1.82, 2.24) is 20.4 Å². The number of amides is 1. The van der Waals surface area contributed by atoms with Gasteiger partial charge >= 0.3 is 0 Å². The summed E-state index contributed by atoms with van der Waals surface area (Å²) in [4.78, 5) is 12.6. The van der Waals surface area contributed by atoms with E-state index >= 15 is 0 Å².